The first kappa shape index (κ1) is 16.4. The zero-order valence-corrected chi connectivity index (χ0v) is 13.1. The van der Waals surface area contributed by atoms with E-state index < -0.39 is 16.9 Å². The third-order valence-corrected chi connectivity index (χ3v) is 4.16. The van der Waals surface area contributed by atoms with E-state index in [9.17, 15) is 14.0 Å². The van der Waals surface area contributed by atoms with Crippen molar-refractivity contribution in [2.24, 2.45) is 5.73 Å². The molecular weight excluding hydrogens is 287 g/mol. The Hall–Kier alpha value is -1.95. The Morgan fingerprint density at radius 2 is 2.09 bits per heavy atom. The molecular formula is C16H21FN2O3. The number of carbonyl (C=O) groups excluding carboxylic acids is 2. The maximum Gasteiger partial charge on any atom is 0.251 e. The summed E-state index contributed by atoms with van der Waals surface area (Å²) in [6.07, 6.45) is 0. The Labute approximate surface area is 129 Å². The summed E-state index contributed by atoms with van der Waals surface area (Å²) in [6, 6.07) is 5.98. The van der Waals surface area contributed by atoms with Gasteiger partial charge in [0.15, 0.2) is 5.60 Å². The summed E-state index contributed by atoms with van der Waals surface area (Å²) in [5.41, 5.74) is 3.85. The predicted molar refractivity (Wildman–Crippen MR) is 79.6 cm³/mol. The highest BCUT2D eigenvalue weighted by atomic mass is 19.1. The molecule has 5 nitrogen and oxygen atoms in total. The molecule has 1 heterocycles. The number of hydrogen-bond donors (Lipinski definition) is 1. The highest BCUT2D eigenvalue weighted by molar-refractivity contribution is 5.89. The van der Waals surface area contributed by atoms with Crippen molar-refractivity contribution in [3.05, 3.63) is 35.6 Å². The Kier molecular flexibility index (Phi) is 4.24. The van der Waals surface area contributed by atoms with Crippen molar-refractivity contribution in [3.8, 4) is 0 Å². The van der Waals surface area contributed by atoms with E-state index in [2.05, 4.69) is 0 Å². The molecule has 1 aliphatic rings. The van der Waals surface area contributed by atoms with Crippen molar-refractivity contribution >= 4 is 11.8 Å². The highest BCUT2D eigenvalue weighted by Crippen LogP contribution is 2.28. The zero-order chi connectivity index (χ0) is 16.5. The first-order valence-corrected chi connectivity index (χ1v) is 7.16. The van der Waals surface area contributed by atoms with E-state index in [0.717, 1.165) is 0 Å². The maximum atomic E-state index is 13.4. The van der Waals surface area contributed by atoms with Crippen LogP contribution in [0.1, 0.15) is 26.3 Å². The molecule has 0 bridgehead atoms. The smallest absolute Gasteiger partial charge is 0.251 e. The van der Waals surface area contributed by atoms with Crippen molar-refractivity contribution in [2.75, 3.05) is 19.7 Å². The number of morpholine rings is 1. The molecule has 120 valence electrons. The van der Waals surface area contributed by atoms with Crippen LogP contribution < -0.4 is 5.73 Å². The van der Waals surface area contributed by atoms with Gasteiger partial charge < -0.3 is 15.4 Å². The van der Waals surface area contributed by atoms with Crippen LogP contribution in [-0.2, 0) is 19.7 Å². The summed E-state index contributed by atoms with van der Waals surface area (Å²) >= 11 is 0. The van der Waals surface area contributed by atoms with E-state index in [1.165, 1.54) is 12.1 Å². The topological polar surface area (TPSA) is 72.6 Å². The molecule has 2 rings (SSSR count). The molecule has 1 aliphatic heterocycles. The van der Waals surface area contributed by atoms with Crippen LogP contribution in [0, 0.1) is 5.82 Å². The van der Waals surface area contributed by atoms with Gasteiger partial charge in [0.05, 0.1) is 18.6 Å². The van der Waals surface area contributed by atoms with Gasteiger partial charge in [0.25, 0.3) is 5.91 Å². The fourth-order valence-electron chi connectivity index (χ4n) is 2.59. The zero-order valence-electron chi connectivity index (χ0n) is 13.1. The number of halogens is 1. The normalized spacial score (nSPS) is 22.5. The first-order chi connectivity index (χ1) is 10.2. The minimum absolute atomic E-state index is 0.0971. The Morgan fingerprint density at radius 3 is 2.68 bits per heavy atom. The van der Waals surface area contributed by atoms with Crippen molar-refractivity contribution in [1.29, 1.82) is 0 Å². The van der Waals surface area contributed by atoms with Crippen molar-refractivity contribution < 1.29 is 18.7 Å². The van der Waals surface area contributed by atoms with Gasteiger partial charge >= 0.3 is 0 Å². The molecule has 0 saturated carbocycles. The van der Waals surface area contributed by atoms with Gasteiger partial charge in [-0.15, -0.1) is 0 Å². The standard InChI is InChI=1S/C16H21FN2O3/c1-15(2,11-5-4-6-12(17)9-11)14(21)19-7-8-22-16(3,10-19)13(18)20/h4-6,9H,7-8,10H2,1-3H3,(H2,18,20). The number of carbonyl (C=O) groups is 2. The second-order valence-corrected chi connectivity index (χ2v) is 6.31. The Morgan fingerprint density at radius 1 is 1.41 bits per heavy atom. The molecule has 1 saturated heterocycles. The average Bonchev–Trinajstić information content (AvgIpc) is 2.46. The monoisotopic (exact) mass is 308 g/mol. The highest BCUT2D eigenvalue weighted by Gasteiger charge is 2.43. The summed E-state index contributed by atoms with van der Waals surface area (Å²) in [6.45, 7) is 5.76. The molecule has 1 aromatic carbocycles. The lowest BCUT2D eigenvalue weighted by Gasteiger charge is -2.41. The second kappa shape index (κ2) is 5.68. The molecule has 0 radical (unpaired) electrons. The summed E-state index contributed by atoms with van der Waals surface area (Å²) < 4.78 is 18.8. The van der Waals surface area contributed by atoms with Gasteiger partial charge in [-0.05, 0) is 38.5 Å². The molecule has 0 aliphatic carbocycles. The van der Waals surface area contributed by atoms with E-state index in [1.807, 2.05) is 0 Å². The number of nitrogens with two attached hydrogens (primary N) is 1. The molecule has 0 aromatic heterocycles. The number of ether oxygens (including phenoxy) is 1. The van der Waals surface area contributed by atoms with Gasteiger partial charge in [0.2, 0.25) is 5.91 Å². The lowest BCUT2D eigenvalue weighted by molar-refractivity contribution is -0.162. The van der Waals surface area contributed by atoms with Crippen molar-refractivity contribution in [3.63, 3.8) is 0 Å². The molecule has 0 spiro atoms. The third kappa shape index (κ3) is 2.97. The van der Waals surface area contributed by atoms with Gasteiger partial charge in [-0.1, -0.05) is 12.1 Å². The predicted octanol–water partition coefficient (Wildman–Crippen LogP) is 1.21. The minimum atomic E-state index is -1.19. The Balaban J connectivity index is 2.25. The molecule has 1 atom stereocenters. The van der Waals surface area contributed by atoms with Crippen molar-refractivity contribution in [2.45, 2.75) is 31.8 Å². The van der Waals surface area contributed by atoms with Gasteiger partial charge in [0.1, 0.15) is 5.82 Å². The van der Waals surface area contributed by atoms with Gasteiger partial charge in [-0.2, -0.15) is 0 Å². The average molecular weight is 308 g/mol. The lowest BCUT2D eigenvalue weighted by Crippen LogP contribution is -2.60. The fourth-order valence-corrected chi connectivity index (χ4v) is 2.59. The van der Waals surface area contributed by atoms with E-state index >= 15 is 0 Å². The third-order valence-electron chi connectivity index (χ3n) is 4.16. The second-order valence-electron chi connectivity index (χ2n) is 6.31. The van der Waals surface area contributed by atoms with Crippen LogP contribution in [0.25, 0.3) is 0 Å². The van der Waals surface area contributed by atoms with E-state index in [0.29, 0.717) is 12.1 Å². The summed E-state index contributed by atoms with van der Waals surface area (Å²) in [5, 5.41) is 0. The largest absolute Gasteiger partial charge is 0.367 e. The van der Waals surface area contributed by atoms with E-state index in [-0.39, 0.29) is 24.9 Å². The number of primary amides is 1. The number of hydrogen-bond acceptors (Lipinski definition) is 3. The van der Waals surface area contributed by atoms with E-state index in [1.54, 1.807) is 37.8 Å². The maximum absolute atomic E-state index is 13.4. The number of nitrogens with zero attached hydrogens (tertiary/aromatic N) is 1. The minimum Gasteiger partial charge on any atom is -0.367 e. The summed E-state index contributed by atoms with van der Waals surface area (Å²) in [7, 11) is 0. The fraction of sp³-hybridized carbons (Fsp3) is 0.500. The van der Waals surface area contributed by atoms with Crippen LogP contribution in [0.15, 0.2) is 24.3 Å². The molecule has 22 heavy (non-hydrogen) atoms. The molecule has 1 fully saturated rings. The number of amides is 2. The van der Waals surface area contributed by atoms with Crippen LogP contribution in [0.2, 0.25) is 0 Å². The Bertz CT molecular complexity index is 603. The molecule has 2 N–H and O–H groups in total. The summed E-state index contributed by atoms with van der Waals surface area (Å²) in [4.78, 5) is 25.9. The summed E-state index contributed by atoms with van der Waals surface area (Å²) in [5.74, 6) is -1.18. The lowest BCUT2D eigenvalue weighted by atomic mass is 9.82. The van der Waals surface area contributed by atoms with E-state index in [4.69, 9.17) is 10.5 Å². The van der Waals surface area contributed by atoms with Crippen LogP contribution in [0.5, 0.6) is 0 Å². The first-order valence-electron chi connectivity index (χ1n) is 7.16. The van der Waals surface area contributed by atoms with Crippen LogP contribution in [-0.4, -0.2) is 42.0 Å². The number of benzene rings is 1. The van der Waals surface area contributed by atoms with Crippen LogP contribution >= 0.6 is 0 Å². The SMILES string of the molecule is CC1(C(N)=O)CN(C(=O)C(C)(C)c2cccc(F)c2)CCO1. The van der Waals surface area contributed by atoms with Gasteiger partial charge in [-0.3, -0.25) is 9.59 Å². The van der Waals surface area contributed by atoms with Crippen molar-refractivity contribution in [1.82, 2.24) is 4.90 Å². The molecule has 6 heteroatoms. The molecule has 2 amide bonds. The van der Waals surface area contributed by atoms with Crippen LogP contribution in [0.3, 0.4) is 0 Å². The van der Waals surface area contributed by atoms with Crippen LogP contribution in [0.4, 0.5) is 4.39 Å². The van der Waals surface area contributed by atoms with Gasteiger partial charge in [-0.25, -0.2) is 4.39 Å². The quantitative estimate of drug-likeness (QED) is 0.912. The molecule has 1 unspecified atom stereocenters. The van der Waals surface area contributed by atoms with Gasteiger partial charge in [0, 0.05) is 6.54 Å². The molecule has 1 aromatic rings. The number of rotatable bonds is 3.